The number of rotatable bonds is 4. The van der Waals surface area contributed by atoms with Crippen LogP contribution in [-0.4, -0.2) is 18.6 Å². The Hall–Kier alpha value is -1.80. The van der Waals surface area contributed by atoms with Gasteiger partial charge in [0.25, 0.3) is 0 Å². The molecule has 1 aliphatic rings. The highest BCUT2D eigenvalue weighted by Gasteiger charge is 2.41. The molecular formula is C15H18FN3O3S. The first-order valence-corrected chi connectivity index (χ1v) is 9.00. The number of sulfonamides is 1. The van der Waals surface area contributed by atoms with Gasteiger partial charge in [0.2, 0.25) is 15.9 Å². The second-order valence-corrected chi connectivity index (χ2v) is 7.52. The molecule has 6 nitrogen and oxygen atoms in total. The summed E-state index contributed by atoms with van der Waals surface area (Å²) in [5, 5.41) is 3.93. The van der Waals surface area contributed by atoms with Crippen molar-refractivity contribution in [1.29, 1.82) is 0 Å². The molecule has 1 aliphatic carbocycles. The molecule has 0 aliphatic heterocycles. The monoisotopic (exact) mass is 339 g/mol. The zero-order chi connectivity index (χ0) is 16.5. The van der Waals surface area contributed by atoms with Crippen LogP contribution in [0.4, 0.5) is 4.39 Å². The lowest BCUT2D eigenvalue weighted by molar-refractivity contribution is 0.248. The summed E-state index contributed by atoms with van der Waals surface area (Å²) < 4.78 is 46.2. The van der Waals surface area contributed by atoms with E-state index in [0.717, 1.165) is 31.4 Å². The van der Waals surface area contributed by atoms with E-state index in [9.17, 15) is 12.8 Å². The summed E-state index contributed by atoms with van der Waals surface area (Å²) in [7, 11) is -3.81. The molecule has 1 N–H and O–H groups in total. The van der Waals surface area contributed by atoms with Crippen LogP contribution >= 0.6 is 0 Å². The minimum Gasteiger partial charge on any atom is -0.340 e. The van der Waals surface area contributed by atoms with Gasteiger partial charge in [-0.2, -0.15) is 9.71 Å². The van der Waals surface area contributed by atoms with Crippen molar-refractivity contribution in [2.45, 2.75) is 49.5 Å². The number of hydrogen-bond acceptors (Lipinski definition) is 5. The smallest absolute Gasteiger partial charge is 0.241 e. The fraction of sp³-hybridized carbons (Fsp3) is 0.467. The van der Waals surface area contributed by atoms with Crippen molar-refractivity contribution >= 4 is 10.0 Å². The minimum absolute atomic E-state index is 0.0177. The van der Waals surface area contributed by atoms with Crippen LogP contribution in [0.25, 0.3) is 0 Å². The van der Waals surface area contributed by atoms with Crippen molar-refractivity contribution in [3.8, 4) is 0 Å². The lowest BCUT2D eigenvalue weighted by Crippen LogP contribution is -2.47. The molecule has 1 aromatic carbocycles. The number of nitrogens with one attached hydrogen (secondary N) is 1. The highest BCUT2D eigenvalue weighted by atomic mass is 32.2. The van der Waals surface area contributed by atoms with Gasteiger partial charge in [0.05, 0.1) is 10.4 Å². The predicted octanol–water partition coefficient (Wildman–Crippen LogP) is 2.66. The van der Waals surface area contributed by atoms with E-state index >= 15 is 0 Å². The summed E-state index contributed by atoms with van der Waals surface area (Å²) in [6.07, 6.45) is 3.99. The molecule has 1 fully saturated rings. The van der Waals surface area contributed by atoms with Crippen molar-refractivity contribution in [1.82, 2.24) is 14.9 Å². The first kappa shape index (κ1) is 16.1. The van der Waals surface area contributed by atoms with E-state index in [-0.39, 0.29) is 4.90 Å². The molecule has 124 valence electrons. The standard InChI is InChI=1S/C15H18FN3O3S/c1-11-17-14(18-22-11)15(9-3-2-4-10-15)19-23(20,21)13-7-5-12(16)6-8-13/h5-8,19H,2-4,9-10H2,1H3. The van der Waals surface area contributed by atoms with Gasteiger partial charge >= 0.3 is 0 Å². The number of halogens is 1. The average molecular weight is 339 g/mol. The van der Waals surface area contributed by atoms with E-state index < -0.39 is 21.4 Å². The molecule has 8 heteroatoms. The number of aryl methyl sites for hydroxylation is 1. The Labute approximate surface area is 134 Å². The summed E-state index contributed by atoms with van der Waals surface area (Å²) in [6, 6.07) is 4.74. The predicted molar refractivity (Wildman–Crippen MR) is 80.5 cm³/mol. The zero-order valence-corrected chi connectivity index (χ0v) is 13.6. The van der Waals surface area contributed by atoms with Gasteiger partial charge in [0.1, 0.15) is 5.82 Å². The van der Waals surface area contributed by atoms with Crippen molar-refractivity contribution in [3.63, 3.8) is 0 Å². The molecule has 1 heterocycles. The van der Waals surface area contributed by atoms with E-state index in [0.29, 0.717) is 24.6 Å². The second kappa shape index (κ2) is 6.01. The van der Waals surface area contributed by atoms with Crippen molar-refractivity contribution < 1.29 is 17.3 Å². The molecule has 2 aromatic rings. The Morgan fingerprint density at radius 2 is 1.83 bits per heavy atom. The summed E-state index contributed by atoms with van der Waals surface area (Å²) in [5.41, 5.74) is -0.872. The molecule has 1 saturated carbocycles. The maximum atomic E-state index is 13.0. The van der Waals surface area contributed by atoms with E-state index in [2.05, 4.69) is 14.9 Å². The van der Waals surface area contributed by atoms with Crippen LogP contribution in [0.15, 0.2) is 33.7 Å². The van der Waals surface area contributed by atoms with Crippen LogP contribution in [-0.2, 0) is 15.6 Å². The van der Waals surface area contributed by atoms with Gasteiger partial charge in [0.15, 0.2) is 5.82 Å². The van der Waals surface area contributed by atoms with E-state index in [1.807, 2.05) is 0 Å². The van der Waals surface area contributed by atoms with Gasteiger partial charge in [-0.05, 0) is 37.1 Å². The van der Waals surface area contributed by atoms with Gasteiger partial charge < -0.3 is 4.52 Å². The third-order valence-corrected chi connectivity index (χ3v) is 5.67. The van der Waals surface area contributed by atoms with Crippen LogP contribution in [0.1, 0.15) is 43.8 Å². The molecule has 0 saturated heterocycles. The van der Waals surface area contributed by atoms with Gasteiger partial charge in [0, 0.05) is 6.92 Å². The number of benzene rings is 1. The van der Waals surface area contributed by atoms with Gasteiger partial charge in [-0.1, -0.05) is 24.4 Å². The third-order valence-electron chi connectivity index (χ3n) is 4.12. The van der Waals surface area contributed by atoms with Crippen LogP contribution in [0.3, 0.4) is 0 Å². The van der Waals surface area contributed by atoms with Crippen molar-refractivity contribution in [2.24, 2.45) is 0 Å². The first-order chi connectivity index (χ1) is 10.9. The van der Waals surface area contributed by atoms with E-state index in [1.165, 1.54) is 12.1 Å². The number of hydrogen-bond donors (Lipinski definition) is 1. The third kappa shape index (κ3) is 3.28. The molecule has 0 unspecified atom stereocenters. The highest BCUT2D eigenvalue weighted by molar-refractivity contribution is 7.89. The Bertz CT molecular complexity index is 781. The van der Waals surface area contributed by atoms with Crippen molar-refractivity contribution in [3.05, 3.63) is 41.8 Å². The molecular weight excluding hydrogens is 321 g/mol. The molecule has 23 heavy (non-hydrogen) atoms. The molecule has 0 radical (unpaired) electrons. The van der Waals surface area contributed by atoms with Crippen LogP contribution in [0.5, 0.6) is 0 Å². The van der Waals surface area contributed by atoms with Gasteiger partial charge in [-0.3, -0.25) is 0 Å². The highest BCUT2D eigenvalue weighted by Crippen LogP contribution is 2.37. The van der Waals surface area contributed by atoms with Crippen LogP contribution < -0.4 is 4.72 Å². The molecule has 3 rings (SSSR count). The second-order valence-electron chi connectivity index (χ2n) is 5.84. The summed E-state index contributed by atoms with van der Waals surface area (Å²) in [5.74, 6) is 0.274. The normalized spacial score (nSPS) is 18.0. The molecule has 0 atom stereocenters. The van der Waals surface area contributed by atoms with Crippen molar-refractivity contribution in [2.75, 3.05) is 0 Å². The molecule has 0 bridgehead atoms. The number of nitrogens with zero attached hydrogens (tertiary/aromatic N) is 2. The van der Waals surface area contributed by atoms with Crippen LogP contribution in [0.2, 0.25) is 0 Å². The van der Waals surface area contributed by atoms with E-state index in [4.69, 9.17) is 4.52 Å². The lowest BCUT2D eigenvalue weighted by atomic mass is 9.82. The molecule has 0 spiro atoms. The summed E-state index contributed by atoms with van der Waals surface area (Å²) in [4.78, 5) is 4.25. The molecule has 1 aromatic heterocycles. The van der Waals surface area contributed by atoms with E-state index in [1.54, 1.807) is 6.92 Å². The Morgan fingerprint density at radius 1 is 1.17 bits per heavy atom. The fourth-order valence-corrected chi connectivity index (χ4v) is 4.37. The first-order valence-electron chi connectivity index (χ1n) is 7.52. The van der Waals surface area contributed by atoms with Gasteiger partial charge in [-0.25, -0.2) is 12.8 Å². The SMILES string of the molecule is Cc1nc(C2(NS(=O)(=O)c3ccc(F)cc3)CCCCC2)no1. The largest absolute Gasteiger partial charge is 0.340 e. The quantitative estimate of drug-likeness (QED) is 0.925. The Kier molecular flexibility index (Phi) is 4.20. The fourth-order valence-electron chi connectivity index (χ4n) is 2.95. The van der Waals surface area contributed by atoms with Gasteiger partial charge in [-0.15, -0.1) is 0 Å². The summed E-state index contributed by atoms with van der Waals surface area (Å²) in [6.45, 7) is 1.67. The Balaban J connectivity index is 1.96. The maximum absolute atomic E-state index is 13.0. The zero-order valence-electron chi connectivity index (χ0n) is 12.8. The Morgan fingerprint density at radius 3 is 2.39 bits per heavy atom. The molecule has 0 amide bonds. The summed E-state index contributed by atoms with van der Waals surface area (Å²) >= 11 is 0. The van der Waals surface area contributed by atoms with Crippen LogP contribution in [0, 0.1) is 12.7 Å². The topological polar surface area (TPSA) is 85.1 Å². The minimum atomic E-state index is -3.81. The average Bonchev–Trinajstić information content (AvgIpc) is 2.95. The maximum Gasteiger partial charge on any atom is 0.241 e. The number of aromatic nitrogens is 2. The lowest BCUT2D eigenvalue weighted by Gasteiger charge is -2.34.